The van der Waals surface area contributed by atoms with Crippen LogP contribution in [0.4, 0.5) is 0 Å². The van der Waals surface area contributed by atoms with E-state index in [0.717, 1.165) is 11.5 Å². The van der Waals surface area contributed by atoms with Gasteiger partial charge in [-0.3, -0.25) is 5.01 Å². The summed E-state index contributed by atoms with van der Waals surface area (Å²) in [5, 5.41) is 9.33. The van der Waals surface area contributed by atoms with Crippen LogP contribution in [0.15, 0.2) is 29.3 Å². The summed E-state index contributed by atoms with van der Waals surface area (Å²) >= 11 is 0. The van der Waals surface area contributed by atoms with Gasteiger partial charge in [0.15, 0.2) is 5.84 Å². The highest BCUT2D eigenvalue weighted by molar-refractivity contribution is 5.96. The Kier molecular flexibility index (Phi) is 1.34. The van der Waals surface area contributed by atoms with Crippen LogP contribution in [0.25, 0.3) is 0 Å². The van der Waals surface area contributed by atoms with Gasteiger partial charge in [-0.15, -0.1) is 5.10 Å². The van der Waals surface area contributed by atoms with Gasteiger partial charge in [-0.25, -0.2) is 16.0 Å². The van der Waals surface area contributed by atoms with Crippen LogP contribution in [0.5, 0.6) is 0 Å². The summed E-state index contributed by atoms with van der Waals surface area (Å²) in [7, 11) is 1.98. The van der Waals surface area contributed by atoms with Crippen LogP contribution >= 0.6 is 0 Å². The molecule has 2 N–H and O–H groups in total. The number of rotatable bonds is 0. The minimum absolute atomic E-state index is 0.847. The Balaban J connectivity index is 2.34. The molecule has 0 bridgehead atoms. The van der Waals surface area contributed by atoms with Gasteiger partial charge in [-0.05, 0) is 6.92 Å². The molecule has 64 valence electrons. The third-order valence-corrected chi connectivity index (χ3v) is 1.98. The second kappa shape index (κ2) is 2.25. The number of hydrogen-bond acceptors (Lipinski definition) is 5. The van der Waals surface area contributed by atoms with Gasteiger partial charge in [-0.1, -0.05) is 0 Å². The Morgan fingerprint density at radius 1 is 1.42 bits per heavy atom. The highest BCUT2D eigenvalue weighted by Gasteiger charge is 2.23. The average Bonchev–Trinajstić information content (AvgIpc) is 2.28. The highest BCUT2D eigenvalue weighted by atomic mass is 15.7. The normalized spacial score (nSPS) is 21.1. The number of fused-ring (bicyclic) bond motifs is 1. The largest absolute Gasteiger partial charge is 0.287 e. The summed E-state index contributed by atoms with van der Waals surface area (Å²) in [6.45, 7) is 2.02. The Morgan fingerprint density at radius 2 is 2.17 bits per heavy atom. The first-order valence-corrected chi connectivity index (χ1v) is 3.70. The Morgan fingerprint density at radius 3 is 2.92 bits per heavy atom. The molecular weight excluding hydrogens is 154 g/mol. The van der Waals surface area contributed by atoms with E-state index in [9.17, 15) is 0 Å². The van der Waals surface area contributed by atoms with Gasteiger partial charge in [-0.2, -0.15) is 0 Å². The summed E-state index contributed by atoms with van der Waals surface area (Å²) in [5.41, 5.74) is 1.15. The molecule has 0 aromatic carbocycles. The number of hydrazine groups is 2. The molecule has 0 amide bonds. The maximum atomic E-state index is 5.47. The molecule has 5 nitrogen and oxygen atoms in total. The summed E-state index contributed by atoms with van der Waals surface area (Å²) in [4.78, 5) is 0. The van der Waals surface area contributed by atoms with Gasteiger partial charge in [0.25, 0.3) is 0 Å². The van der Waals surface area contributed by atoms with E-state index in [1.807, 2.05) is 36.3 Å². The van der Waals surface area contributed by atoms with E-state index in [4.69, 9.17) is 5.84 Å². The number of nitrogens with two attached hydrogens (primary N) is 1. The average molecular weight is 165 g/mol. The number of allylic oxidation sites excluding steroid dienone is 1. The SMILES string of the molecule is CC1=CC2=NN(N)C=CN2N1C. The third-order valence-electron chi connectivity index (χ3n) is 1.98. The molecular formula is C7H11N5. The lowest BCUT2D eigenvalue weighted by molar-refractivity contribution is 0.182. The summed E-state index contributed by atoms with van der Waals surface area (Å²) in [5.74, 6) is 6.31. The quantitative estimate of drug-likeness (QED) is 0.514. The van der Waals surface area contributed by atoms with E-state index in [0.29, 0.717) is 0 Å². The van der Waals surface area contributed by atoms with E-state index in [1.54, 1.807) is 6.20 Å². The van der Waals surface area contributed by atoms with Crippen molar-refractivity contribution in [1.29, 1.82) is 0 Å². The van der Waals surface area contributed by atoms with E-state index in [1.165, 1.54) is 5.12 Å². The first kappa shape index (κ1) is 7.17. The molecule has 12 heavy (non-hydrogen) atoms. The number of amidine groups is 1. The van der Waals surface area contributed by atoms with Crippen molar-refractivity contribution in [3.63, 3.8) is 0 Å². The molecule has 2 aliphatic heterocycles. The molecule has 2 heterocycles. The van der Waals surface area contributed by atoms with E-state index < -0.39 is 0 Å². The van der Waals surface area contributed by atoms with Crippen molar-refractivity contribution in [1.82, 2.24) is 15.1 Å². The van der Waals surface area contributed by atoms with Gasteiger partial charge < -0.3 is 0 Å². The number of nitrogens with zero attached hydrogens (tertiary/aromatic N) is 4. The Bertz CT molecular complexity index is 290. The second-order valence-electron chi connectivity index (χ2n) is 2.79. The fraction of sp³-hybridized carbons (Fsp3) is 0.286. The molecule has 0 saturated heterocycles. The molecule has 5 heteroatoms. The van der Waals surface area contributed by atoms with Crippen molar-refractivity contribution in [2.75, 3.05) is 7.05 Å². The zero-order chi connectivity index (χ0) is 8.72. The predicted octanol–water partition coefficient (Wildman–Crippen LogP) is 0.0266. The second-order valence-corrected chi connectivity index (χ2v) is 2.79. The highest BCUT2D eigenvalue weighted by Crippen LogP contribution is 2.18. The van der Waals surface area contributed by atoms with Crippen LogP contribution in [0.3, 0.4) is 0 Å². The van der Waals surface area contributed by atoms with Gasteiger partial charge in [0.2, 0.25) is 0 Å². The molecule has 0 aliphatic carbocycles. The van der Waals surface area contributed by atoms with E-state index in [-0.39, 0.29) is 0 Å². The first-order chi connectivity index (χ1) is 5.68. The molecule has 0 fully saturated rings. The van der Waals surface area contributed by atoms with Crippen LogP contribution in [0, 0.1) is 0 Å². The van der Waals surface area contributed by atoms with Crippen molar-refractivity contribution >= 4 is 5.84 Å². The van der Waals surface area contributed by atoms with Crippen molar-refractivity contribution < 1.29 is 0 Å². The van der Waals surface area contributed by atoms with Crippen LogP contribution in [-0.4, -0.2) is 28.0 Å². The lowest BCUT2D eigenvalue weighted by Gasteiger charge is -2.28. The molecule has 0 spiro atoms. The molecule has 0 unspecified atom stereocenters. The van der Waals surface area contributed by atoms with Crippen molar-refractivity contribution in [2.45, 2.75) is 6.92 Å². The zero-order valence-electron chi connectivity index (χ0n) is 7.10. The van der Waals surface area contributed by atoms with Crippen LogP contribution in [0.2, 0.25) is 0 Å². The van der Waals surface area contributed by atoms with Crippen molar-refractivity contribution in [3.05, 3.63) is 24.2 Å². The molecule has 2 aliphatic rings. The summed E-state index contributed by atoms with van der Waals surface area (Å²) < 4.78 is 0. The number of hydrazone groups is 1. The molecule has 0 saturated carbocycles. The van der Waals surface area contributed by atoms with Crippen molar-refractivity contribution in [2.24, 2.45) is 10.9 Å². The Hall–Kier alpha value is -1.49. The van der Waals surface area contributed by atoms with Crippen LogP contribution in [0.1, 0.15) is 6.92 Å². The smallest absolute Gasteiger partial charge is 0.175 e. The molecule has 0 aromatic rings. The fourth-order valence-electron chi connectivity index (χ4n) is 1.20. The van der Waals surface area contributed by atoms with Crippen molar-refractivity contribution in [3.8, 4) is 0 Å². The lowest BCUT2D eigenvalue weighted by atomic mass is 10.4. The third kappa shape index (κ3) is 0.868. The molecule has 0 aromatic heterocycles. The molecule has 0 radical (unpaired) electrons. The van der Waals surface area contributed by atoms with E-state index in [2.05, 4.69) is 5.10 Å². The van der Waals surface area contributed by atoms with Gasteiger partial charge in [0.05, 0.1) is 6.20 Å². The molecule has 0 atom stereocenters. The predicted molar refractivity (Wildman–Crippen MR) is 46.0 cm³/mol. The minimum Gasteiger partial charge on any atom is -0.287 e. The zero-order valence-corrected chi connectivity index (χ0v) is 7.10. The first-order valence-electron chi connectivity index (χ1n) is 3.70. The van der Waals surface area contributed by atoms with Gasteiger partial charge in [0, 0.05) is 25.0 Å². The maximum absolute atomic E-state index is 5.47. The summed E-state index contributed by atoms with van der Waals surface area (Å²) in [6, 6.07) is 0. The lowest BCUT2D eigenvalue weighted by Crippen LogP contribution is -2.37. The minimum atomic E-state index is 0.847. The van der Waals surface area contributed by atoms with Crippen LogP contribution in [-0.2, 0) is 0 Å². The Labute approximate surface area is 71.0 Å². The summed E-state index contributed by atoms with van der Waals surface area (Å²) in [6.07, 6.45) is 5.55. The monoisotopic (exact) mass is 165 g/mol. The van der Waals surface area contributed by atoms with Crippen LogP contribution < -0.4 is 5.84 Å². The standard InChI is InChI=1S/C7H11N5/c1-6-5-7-9-12(8)4-3-11(7)10(6)2/h3-5H,8H2,1-2H3. The van der Waals surface area contributed by atoms with Gasteiger partial charge in [0.1, 0.15) is 0 Å². The number of hydrogen-bond donors (Lipinski definition) is 1. The van der Waals surface area contributed by atoms with E-state index >= 15 is 0 Å². The maximum Gasteiger partial charge on any atom is 0.175 e. The fourth-order valence-corrected chi connectivity index (χ4v) is 1.20. The molecule has 2 rings (SSSR count). The topological polar surface area (TPSA) is 48.1 Å². The van der Waals surface area contributed by atoms with Gasteiger partial charge >= 0.3 is 0 Å².